The van der Waals surface area contributed by atoms with Gasteiger partial charge in [-0.25, -0.2) is 0 Å². The highest BCUT2D eigenvalue weighted by molar-refractivity contribution is 5.97. The highest BCUT2D eigenvalue weighted by atomic mass is 14.9. The number of benzene rings is 2. The number of nitriles is 1. The SMILES string of the molecule is CC(C)C(C)CNc1ccc(C#N)c2ccccc12. The first kappa shape index (κ1) is 13.4. The Morgan fingerprint density at radius 3 is 2.37 bits per heavy atom. The minimum atomic E-state index is 0.620. The summed E-state index contributed by atoms with van der Waals surface area (Å²) >= 11 is 0. The molecule has 0 saturated heterocycles. The Labute approximate surface area is 115 Å². The molecule has 0 radical (unpaired) electrons. The molecule has 0 aliphatic carbocycles. The molecule has 1 unspecified atom stereocenters. The number of rotatable bonds is 4. The normalized spacial score (nSPS) is 12.4. The summed E-state index contributed by atoms with van der Waals surface area (Å²) in [6.45, 7) is 7.68. The first-order chi connectivity index (χ1) is 9.13. The van der Waals surface area contributed by atoms with Gasteiger partial charge in [0, 0.05) is 23.0 Å². The molecule has 2 heteroatoms. The first-order valence-electron chi connectivity index (χ1n) is 6.79. The fraction of sp³-hybridized carbons (Fsp3) is 0.353. The third-order valence-electron chi connectivity index (χ3n) is 3.80. The minimum Gasteiger partial charge on any atom is -0.384 e. The monoisotopic (exact) mass is 252 g/mol. The van der Waals surface area contributed by atoms with E-state index in [-0.39, 0.29) is 0 Å². The fourth-order valence-electron chi connectivity index (χ4n) is 2.06. The first-order valence-corrected chi connectivity index (χ1v) is 6.79. The maximum atomic E-state index is 9.15. The average Bonchev–Trinajstić information content (AvgIpc) is 2.44. The molecular weight excluding hydrogens is 232 g/mol. The zero-order valence-electron chi connectivity index (χ0n) is 11.8. The second-order valence-electron chi connectivity index (χ2n) is 5.42. The van der Waals surface area contributed by atoms with E-state index in [0.29, 0.717) is 11.8 Å². The van der Waals surface area contributed by atoms with Gasteiger partial charge in [-0.1, -0.05) is 45.0 Å². The maximum Gasteiger partial charge on any atom is 0.0998 e. The molecule has 0 saturated carbocycles. The van der Waals surface area contributed by atoms with Crippen molar-refractivity contribution in [2.45, 2.75) is 20.8 Å². The van der Waals surface area contributed by atoms with Gasteiger partial charge in [-0.2, -0.15) is 5.26 Å². The average molecular weight is 252 g/mol. The van der Waals surface area contributed by atoms with Crippen molar-refractivity contribution in [1.29, 1.82) is 5.26 Å². The lowest BCUT2D eigenvalue weighted by Gasteiger charge is -2.18. The lowest BCUT2D eigenvalue weighted by atomic mass is 9.97. The van der Waals surface area contributed by atoms with Crippen LogP contribution in [0, 0.1) is 23.2 Å². The van der Waals surface area contributed by atoms with Crippen molar-refractivity contribution >= 4 is 16.5 Å². The molecule has 0 aromatic heterocycles. The van der Waals surface area contributed by atoms with Gasteiger partial charge in [0.15, 0.2) is 0 Å². The van der Waals surface area contributed by atoms with Crippen molar-refractivity contribution in [3.05, 3.63) is 42.0 Å². The third-order valence-corrected chi connectivity index (χ3v) is 3.80. The Kier molecular flexibility index (Phi) is 4.06. The largest absolute Gasteiger partial charge is 0.384 e. The summed E-state index contributed by atoms with van der Waals surface area (Å²) in [5.41, 5.74) is 1.85. The lowest BCUT2D eigenvalue weighted by Crippen LogP contribution is -2.16. The second kappa shape index (κ2) is 5.75. The molecule has 2 aromatic carbocycles. The van der Waals surface area contributed by atoms with E-state index in [0.717, 1.165) is 28.6 Å². The number of nitrogens with zero attached hydrogens (tertiary/aromatic N) is 1. The number of fused-ring (bicyclic) bond motifs is 1. The van der Waals surface area contributed by atoms with Crippen LogP contribution in [0.5, 0.6) is 0 Å². The summed E-state index contributed by atoms with van der Waals surface area (Å²) in [7, 11) is 0. The number of hydrogen-bond acceptors (Lipinski definition) is 2. The summed E-state index contributed by atoms with van der Waals surface area (Å²) in [4.78, 5) is 0. The van der Waals surface area contributed by atoms with Crippen LogP contribution in [0.3, 0.4) is 0 Å². The molecule has 98 valence electrons. The summed E-state index contributed by atoms with van der Waals surface area (Å²) in [6, 6.07) is 14.2. The standard InChI is InChI=1S/C17H20N2/c1-12(2)13(3)11-19-17-9-8-14(10-18)15-6-4-5-7-16(15)17/h4-9,12-13,19H,11H2,1-3H3. The molecule has 2 aromatic rings. The van der Waals surface area contributed by atoms with E-state index in [9.17, 15) is 0 Å². The molecule has 19 heavy (non-hydrogen) atoms. The van der Waals surface area contributed by atoms with Crippen LogP contribution in [0.4, 0.5) is 5.69 Å². The number of hydrogen-bond donors (Lipinski definition) is 1. The molecule has 0 aliphatic rings. The molecule has 0 bridgehead atoms. The third kappa shape index (κ3) is 2.88. The van der Waals surface area contributed by atoms with Crippen LogP contribution >= 0.6 is 0 Å². The van der Waals surface area contributed by atoms with Gasteiger partial charge in [0.2, 0.25) is 0 Å². The number of anilines is 1. The van der Waals surface area contributed by atoms with Gasteiger partial charge in [-0.05, 0) is 24.0 Å². The van der Waals surface area contributed by atoms with E-state index in [4.69, 9.17) is 5.26 Å². The molecule has 0 spiro atoms. The highest BCUT2D eigenvalue weighted by Gasteiger charge is 2.09. The summed E-state index contributed by atoms with van der Waals surface area (Å²) < 4.78 is 0. The lowest BCUT2D eigenvalue weighted by molar-refractivity contribution is 0.440. The van der Waals surface area contributed by atoms with E-state index < -0.39 is 0 Å². The molecule has 2 nitrogen and oxygen atoms in total. The van der Waals surface area contributed by atoms with Gasteiger partial charge in [0.1, 0.15) is 0 Å². The van der Waals surface area contributed by atoms with Gasteiger partial charge in [-0.15, -0.1) is 0 Å². The molecule has 1 atom stereocenters. The topological polar surface area (TPSA) is 35.8 Å². The van der Waals surface area contributed by atoms with E-state index in [1.54, 1.807) is 0 Å². The van der Waals surface area contributed by atoms with Crippen LogP contribution in [-0.2, 0) is 0 Å². The van der Waals surface area contributed by atoms with Crippen LogP contribution in [-0.4, -0.2) is 6.54 Å². The van der Waals surface area contributed by atoms with Gasteiger partial charge in [-0.3, -0.25) is 0 Å². The zero-order chi connectivity index (χ0) is 13.8. The summed E-state index contributed by atoms with van der Waals surface area (Å²) in [5.74, 6) is 1.28. The Balaban J connectivity index is 2.32. The van der Waals surface area contributed by atoms with Crippen LogP contribution in [0.1, 0.15) is 26.3 Å². The second-order valence-corrected chi connectivity index (χ2v) is 5.42. The Bertz CT molecular complexity index is 608. The molecular formula is C17H20N2. The van der Waals surface area contributed by atoms with Gasteiger partial charge in [0.05, 0.1) is 11.6 Å². The van der Waals surface area contributed by atoms with E-state index in [1.165, 1.54) is 0 Å². The van der Waals surface area contributed by atoms with Crippen molar-refractivity contribution in [3.8, 4) is 6.07 Å². The van der Waals surface area contributed by atoms with Crippen molar-refractivity contribution in [2.24, 2.45) is 11.8 Å². The molecule has 2 rings (SSSR count). The van der Waals surface area contributed by atoms with Crippen LogP contribution in [0.25, 0.3) is 10.8 Å². The Morgan fingerprint density at radius 2 is 1.74 bits per heavy atom. The van der Waals surface area contributed by atoms with Crippen molar-refractivity contribution in [1.82, 2.24) is 0 Å². The molecule has 0 amide bonds. The number of nitrogens with one attached hydrogen (secondary N) is 1. The van der Waals surface area contributed by atoms with E-state index in [2.05, 4.69) is 38.2 Å². The van der Waals surface area contributed by atoms with Gasteiger partial charge >= 0.3 is 0 Å². The summed E-state index contributed by atoms with van der Waals surface area (Å²) in [6.07, 6.45) is 0. The van der Waals surface area contributed by atoms with Crippen LogP contribution in [0.2, 0.25) is 0 Å². The van der Waals surface area contributed by atoms with E-state index >= 15 is 0 Å². The zero-order valence-corrected chi connectivity index (χ0v) is 11.8. The molecule has 0 fully saturated rings. The van der Waals surface area contributed by atoms with Gasteiger partial charge in [0.25, 0.3) is 0 Å². The predicted molar refractivity (Wildman–Crippen MR) is 81.2 cm³/mol. The fourth-order valence-corrected chi connectivity index (χ4v) is 2.06. The van der Waals surface area contributed by atoms with Crippen molar-refractivity contribution in [2.75, 3.05) is 11.9 Å². The Hall–Kier alpha value is -2.01. The Morgan fingerprint density at radius 1 is 1.05 bits per heavy atom. The van der Waals surface area contributed by atoms with Crippen molar-refractivity contribution in [3.63, 3.8) is 0 Å². The van der Waals surface area contributed by atoms with Crippen LogP contribution in [0.15, 0.2) is 36.4 Å². The maximum absolute atomic E-state index is 9.15. The molecule has 0 aliphatic heterocycles. The predicted octanol–water partition coefficient (Wildman–Crippen LogP) is 4.42. The van der Waals surface area contributed by atoms with Crippen LogP contribution < -0.4 is 5.32 Å². The van der Waals surface area contributed by atoms with Crippen molar-refractivity contribution < 1.29 is 0 Å². The minimum absolute atomic E-state index is 0.620. The molecule has 0 heterocycles. The summed E-state index contributed by atoms with van der Waals surface area (Å²) in [5, 5.41) is 14.8. The van der Waals surface area contributed by atoms with E-state index in [1.807, 2.05) is 30.3 Å². The smallest absolute Gasteiger partial charge is 0.0998 e. The van der Waals surface area contributed by atoms with Gasteiger partial charge < -0.3 is 5.32 Å². The highest BCUT2D eigenvalue weighted by Crippen LogP contribution is 2.26. The quantitative estimate of drug-likeness (QED) is 0.874. The molecule has 1 N–H and O–H groups in total.